The molecule has 0 bridgehead atoms. The van der Waals surface area contributed by atoms with Gasteiger partial charge in [-0.15, -0.1) is 0 Å². The van der Waals surface area contributed by atoms with Gasteiger partial charge in [0.15, 0.2) is 0 Å². The quantitative estimate of drug-likeness (QED) is 0.711. The molecule has 1 saturated heterocycles. The van der Waals surface area contributed by atoms with Crippen LogP contribution in [0.25, 0.3) is 0 Å². The molecule has 1 aliphatic heterocycles. The second kappa shape index (κ2) is 3.97. The zero-order chi connectivity index (χ0) is 9.26. The van der Waals surface area contributed by atoms with Gasteiger partial charge in [0.05, 0.1) is 0 Å². The molecular weight excluding hydrogens is 160 g/mol. The van der Waals surface area contributed by atoms with E-state index in [9.17, 15) is 0 Å². The van der Waals surface area contributed by atoms with Crippen LogP contribution in [0.3, 0.4) is 0 Å². The van der Waals surface area contributed by atoms with Gasteiger partial charge >= 0.3 is 0 Å². The summed E-state index contributed by atoms with van der Waals surface area (Å²) in [5.41, 5.74) is 0. The summed E-state index contributed by atoms with van der Waals surface area (Å²) >= 11 is 0. The van der Waals surface area contributed by atoms with E-state index in [4.69, 9.17) is 0 Å². The molecule has 2 atom stereocenters. The Labute approximate surface area is 81.7 Å². The number of likely N-dealkylation sites (tertiary alicyclic amines) is 1. The second-order valence-corrected chi connectivity index (χ2v) is 4.70. The maximum Gasteiger partial charge on any atom is 0.0204 e. The lowest BCUT2D eigenvalue weighted by atomic mass is 9.80. The third kappa shape index (κ3) is 1.89. The predicted molar refractivity (Wildman–Crippen MR) is 55.8 cm³/mol. The Kier molecular flexibility index (Phi) is 2.89. The summed E-state index contributed by atoms with van der Waals surface area (Å²) in [6.45, 7) is 5.00. The van der Waals surface area contributed by atoms with Crippen LogP contribution in [-0.2, 0) is 0 Å². The molecule has 0 aromatic carbocycles. The van der Waals surface area contributed by atoms with Crippen molar-refractivity contribution in [3.05, 3.63) is 0 Å². The highest BCUT2D eigenvalue weighted by molar-refractivity contribution is 4.88. The highest BCUT2D eigenvalue weighted by atomic mass is 15.2. The van der Waals surface area contributed by atoms with Crippen molar-refractivity contribution in [3.63, 3.8) is 0 Å². The van der Waals surface area contributed by atoms with Crippen molar-refractivity contribution in [3.8, 4) is 0 Å². The third-order valence-corrected chi connectivity index (χ3v) is 4.04. The summed E-state index contributed by atoms with van der Waals surface area (Å²) in [6, 6.07) is 1.59. The molecule has 1 N–H and O–H groups in total. The molecule has 2 aliphatic rings. The Morgan fingerprint density at radius 2 is 2.08 bits per heavy atom. The van der Waals surface area contributed by atoms with E-state index in [0.29, 0.717) is 0 Å². The van der Waals surface area contributed by atoms with Crippen LogP contribution in [0.1, 0.15) is 32.6 Å². The second-order valence-electron chi connectivity index (χ2n) is 4.70. The van der Waals surface area contributed by atoms with E-state index in [-0.39, 0.29) is 0 Å². The van der Waals surface area contributed by atoms with Gasteiger partial charge in [-0.25, -0.2) is 0 Å². The standard InChI is InChI=1S/C11H22N2/c1-9(10-4-3-5-10)13-7-6-11(8-13)12-2/h9-12H,3-8H2,1-2H3. The fourth-order valence-electron chi connectivity index (χ4n) is 2.61. The molecule has 2 unspecified atom stereocenters. The van der Waals surface area contributed by atoms with Crippen molar-refractivity contribution in [2.75, 3.05) is 20.1 Å². The average molecular weight is 182 g/mol. The minimum absolute atomic E-state index is 0.752. The molecular formula is C11H22N2. The number of rotatable bonds is 3. The number of hydrogen-bond acceptors (Lipinski definition) is 2. The van der Waals surface area contributed by atoms with Gasteiger partial charge in [-0.2, -0.15) is 0 Å². The number of nitrogens with one attached hydrogen (secondary N) is 1. The van der Waals surface area contributed by atoms with Crippen molar-refractivity contribution in [2.45, 2.75) is 44.7 Å². The first-order valence-corrected chi connectivity index (χ1v) is 5.72. The van der Waals surface area contributed by atoms with Crippen molar-refractivity contribution >= 4 is 0 Å². The summed E-state index contributed by atoms with van der Waals surface area (Å²) in [6.07, 6.45) is 5.76. The number of likely N-dealkylation sites (N-methyl/N-ethyl adjacent to an activating group) is 1. The molecule has 0 spiro atoms. The van der Waals surface area contributed by atoms with Crippen LogP contribution in [0.4, 0.5) is 0 Å². The SMILES string of the molecule is CNC1CCN(C(C)C2CCC2)C1. The Hall–Kier alpha value is -0.0800. The summed E-state index contributed by atoms with van der Waals surface area (Å²) in [5.74, 6) is 1.01. The molecule has 1 heterocycles. The minimum atomic E-state index is 0.752. The summed E-state index contributed by atoms with van der Waals surface area (Å²) in [4.78, 5) is 2.67. The molecule has 2 nitrogen and oxygen atoms in total. The molecule has 1 saturated carbocycles. The minimum Gasteiger partial charge on any atom is -0.316 e. The van der Waals surface area contributed by atoms with E-state index >= 15 is 0 Å². The Bertz CT molecular complexity index is 165. The Morgan fingerprint density at radius 1 is 1.31 bits per heavy atom. The smallest absolute Gasteiger partial charge is 0.0204 e. The molecule has 0 amide bonds. The van der Waals surface area contributed by atoms with Crippen LogP contribution >= 0.6 is 0 Å². The van der Waals surface area contributed by atoms with Crippen LogP contribution in [0.5, 0.6) is 0 Å². The van der Waals surface area contributed by atoms with Crippen molar-refractivity contribution < 1.29 is 0 Å². The molecule has 76 valence electrons. The molecule has 0 aromatic heterocycles. The van der Waals surface area contributed by atoms with Gasteiger partial charge in [0.25, 0.3) is 0 Å². The average Bonchev–Trinajstić information content (AvgIpc) is 2.48. The van der Waals surface area contributed by atoms with Crippen LogP contribution in [0.15, 0.2) is 0 Å². The Morgan fingerprint density at radius 3 is 2.54 bits per heavy atom. The number of hydrogen-bond donors (Lipinski definition) is 1. The molecule has 2 rings (SSSR count). The summed E-state index contributed by atoms with van der Waals surface area (Å²) < 4.78 is 0. The molecule has 0 radical (unpaired) electrons. The van der Waals surface area contributed by atoms with Gasteiger partial charge in [0.1, 0.15) is 0 Å². The van der Waals surface area contributed by atoms with E-state index in [2.05, 4.69) is 24.2 Å². The van der Waals surface area contributed by atoms with Gasteiger partial charge in [-0.3, -0.25) is 4.90 Å². The molecule has 0 aromatic rings. The fourth-order valence-corrected chi connectivity index (χ4v) is 2.61. The highest BCUT2D eigenvalue weighted by Gasteiger charge is 2.32. The van der Waals surface area contributed by atoms with Gasteiger partial charge in [-0.05, 0) is 39.2 Å². The molecule has 13 heavy (non-hydrogen) atoms. The zero-order valence-corrected chi connectivity index (χ0v) is 8.92. The van der Waals surface area contributed by atoms with Crippen LogP contribution < -0.4 is 5.32 Å². The molecule has 1 aliphatic carbocycles. The molecule has 2 fully saturated rings. The van der Waals surface area contributed by atoms with Crippen LogP contribution in [0, 0.1) is 5.92 Å². The molecule has 2 heteroatoms. The van der Waals surface area contributed by atoms with E-state index in [0.717, 1.165) is 18.0 Å². The van der Waals surface area contributed by atoms with Crippen LogP contribution in [0.2, 0.25) is 0 Å². The predicted octanol–water partition coefficient (Wildman–Crippen LogP) is 1.47. The first-order chi connectivity index (χ1) is 6.31. The van der Waals surface area contributed by atoms with Gasteiger partial charge in [-0.1, -0.05) is 6.42 Å². The lowest BCUT2D eigenvalue weighted by Crippen LogP contribution is -2.41. The van der Waals surface area contributed by atoms with Gasteiger partial charge in [0, 0.05) is 25.2 Å². The summed E-state index contributed by atoms with van der Waals surface area (Å²) in [5, 5.41) is 3.38. The lowest BCUT2D eigenvalue weighted by Gasteiger charge is -2.37. The summed E-state index contributed by atoms with van der Waals surface area (Å²) in [7, 11) is 2.09. The van der Waals surface area contributed by atoms with Crippen molar-refractivity contribution in [1.29, 1.82) is 0 Å². The van der Waals surface area contributed by atoms with Gasteiger partial charge in [0.2, 0.25) is 0 Å². The van der Waals surface area contributed by atoms with E-state index in [1.54, 1.807) is 0 Å². The van der Waals surface area contributed by atoms with Crippen molar-refractivity contribution in [1.82, 2.24) is 10.2 Å². The van der Waals surface area contributed by atoms with Gasteiger partial charge < -0.3 is 5.32 Å². The topological polar surface area (TPSA) is 15.3 Å². The largest absolute Gasteiger partial charge is 0.316 e. The Balaban J connectivity index is 1.80. The maximum absolute atomic E-state index is 3.38. The highest BCUT2D eigenvalue weighted by Crippen LogP contribution is 2.33. The normalized spacial score (nSPS) is 33.2. The van der Waals surface area contributed by atoms with Crippen LogP contribution in [-0.4, -0.2) is 37.1 Å². The third-order valence-electron chi connectivity index (χ3n) is 4.04. The van der Waals surface area contributed by atoms with Crippen molar-refractivity contribution in [2.24, 2.45) is 5.92 Å². The fraction of sp³-hybridized carbons (Fsp3) is 1.00. The van der Waals surface area contributed by atoms with E-state index in [1.165, 1.54) is 38.8 Å². The lowest BCUT2D eigenvalue weighted by molar-refractivity contribution is 0.129. The van der Waals surface area contributed by atoms with E-state index < -0.39 is 0 Å². The maximum atomic E-state index is 3.38. The first-order valence-electron chi connectivity index (χ1n) is 5.72. The number of nitrogens with zero attached hydrogens (tertiary/aromatic N) is 1. The van der Waals surface area contributed by atoms with E-state index in [1.807, 2.05) is 0 Å². The first kappa shape index (κ1) is 9.47. The zero-order valence-electron chi connectivity index (χ0n) is 8.92. The monoisotopic (exact) mass is 182 g/mol.